The van der Waals surface area contributed by atoms with Gasteiger partial charge in [-0.2, -0.15) is 5.10 Å². The number of ketones is 1. The Hall–Kier alpha value is -1.49. The average molecular weight is 322 g/mol. The van der Waals surface area contributed by atoms with Crippen LogP contribution in [0.5, 0.6) is 0 Å². The van der Waals surface area contributed by atoms with Crippen LogP contribution in [0.2, 0.25) is 0 Å². The minimum Gasteiger partial charge on any atom is -0.299 e. The minimum atomic E-state index is 0.146. The first-order valence-electron chi connectivity index (χ1n) is 6.21. The lowest BCUT2D eigenvalue weighted by molar-refractivity contribution is -0.117. The molecule has 0 N–H and O–H groups in total. The van der Waals surface area contributed by atoms with Gasteiger partial charge in [-0.25, -0.2) is 9.67 Å². The summed E-state index contributed by atoms with van der Waals surface area (Å²) in [5, 5.41) is 4.14. The molecular formula is C14H16BrN3O. The van der Waals surface area contributed by atoms with Crippen molar-refractivity contribution < 1.29 is 4.79 Å². The van der Waals surface area contributed by atoms with Gasteiger partial charge in [-0.05, 0) is 31.5 Å². The molecule has 0 unspecified atom stereocenters. The number of rotatable bonds is 5. The van der Waals surface area contributed by atoms with Crippen LogP contribution in [0.1, 0.15) is 31.3 Å². The predicted octanol–water partition coefficient (Wildman–Crippen LogP) is 2.98. The molecule has 0 atom stereocenters. The number of aromatic nitrogens is 3. The van der Waals surface area contributed by atoms with Crippen molar-refractivity contribution in [1.29, 1.82) is 0 Å². The first-order chi connectivity index (χ1) is 9.06. The van der Waals surface area contributed by atoms with E-state index in [1.165, 1.54) is 6.33 Å². The average Bonchev–Trinajstić information content (AvgIpc) is 2.76. The molecule has 0 aliphatic carbocycles. The highest BCUT2D eigenvalue weighted by molar-refractivity contribution is 9.10. The van der Waals surface area contributed by atoms with Crippen molar-refractivity contribution in [3.8, 4) is 0 Å². The van der Waals surface area contributed by atoms with Crippen LogP contribution in [0.25, 0.3) is 0 Å². The zero-order valence-corrected chi connectivity index (χ0v) is 12.6. The van der Waals surface area contributed by atoms with E-state index in [2.05, 4.69) is 26.0 Å². The molecule has 0 bridgehead atoms. The van der Waals surface area contributed by atoms with Crippen molar-refractivity contribution in [2.45, 2.75) is 32.7 Å². The number of nitrogens with zero attached hydrogens (tertiary/aromatic N) is 3. The van der Waals surface area contributed by atoms with Crippen LogP contribution < -0.4 is 0 Å². The highest BCUT2D eigenvalue weighted by Gasteiger charge is 2.12. The molecule has 0 spiro atoms. The van der Waals surface area contributed by atoms with Crippen LogP contribution in [-0.2, 0) is 17.6 Å². The molecule has 2 aromatic rings. The Balaban J connectivity index is 2.03. The lowest BCUT2D eigenvalue weighted by Gasteiger charge is -2.08. The number of Topliss-reactive ketones (excluding diaryl/α,β-unsaturated/α-hetero) is 1. The van der Waals surface area contributed by atoms with Crippen molar-refractivity contribution >= 4 is 21.7 Å². The normalized spacial score (nSPS) is 10.9. The molecule has 0 aliphatic rings. The van der Waals surface area contributed by atoms with Crippen LogP contribution in [0.4, 0.5) is 0 Å². The van der Waals surface area contributed by atoms with Crippen LogP contribution in [-0.4, -0.2) is 20.5 Å². The Morgan fingerprint density at radius 2 is 2.16 bits per heavy atom. The van der Waals surface area contributed by atoms with Crippen LogP contribution in [0.15, 0.2) is 35.1 Å². The van der Waals surface area contributed by atoms with Gasteiger partial charge in [-0.15, -0.1) is 0 Å². The van der Waals surface area contributed by atoms with Crippen LogP contribution in [0.3, 0.4) is 0 Å². The number of benzene rings is 1. The molecular weight excluding hydrogens is 306 g/mol. The molecule has 4 nitrogen and oxygen atoms in total. The summed E-state index contributed by atoms with van der Waals surface area (Å²) in [5.74, 6) is 0.878. The lowest BCUT2D eigenvalue weighted by atomic mass is 10.1. The summed E-state index contributed by atoms with van der Waals surface area (Å²) in [4.78, 5) is 16.2. The molecule has 0 saturated carbocycles. The Kier molecular flexibility index (Phi) is 4.47. The van der Waals surface area contributed by atoms with E-state index in [0.717, 1.165) is 15.9 Å². The van der Waals surface area contributed by atoms with Gasteiger partial charge >= 0.3 is 0 Å². The fourth-order valence-corrected chi connectivity index (χ4v) is 2.39. The van der Waals surface area contributed by atoms with Crippen molar-refractivity contribution in [3.05, 3.63) is 46.5 Å². The zero-order valence-electron chi connectivity index (χ0n) is 11.0. The van der Waals surface area contributed by atoms with E-state index in [-0.39, 0.29) is 11.8 Å². The van der Waals surface area contributed by atoms with Crippen molar-refractivity contribution in [2.75, 3.05) is 0 Å². The van der Waals surface area contributed by atoms with Crippen molar-refractivity contribution in [2.24, 2.45) is 0 Å². The monoisotopic (exact) mass is 321 g/mol. The van der Waals surface area contributed by atoms with E-state index in [1.807, 2.05) is 38.1 Å². The minimum absolute atomic E-state index is 0.146. The van der Waals surface area contributed by atoms with Gasteiger partial charge in [-0.1, -0.05) is 28.1 Å². The molecule has 0 saturated heterocycles. The quantitative estimate of drug-likeness (QED) is 0.850. The number of carbonyl (C=O) groups is 1. The highest BCUT2D eigenvalue weighted by atomic mass is 79.9. The molecule has 0 aliphatic heterocycles. The van der Waals surface area contributed by atoms with Gasteiger partial charge in [0.15, 0.2) is 0 Å². The molecule has 19 heavy (non-hydrogen) atoms. The van der Waals surface area contributed by atoms with E-state index in [9.17, 15) is 4.79 Å². The Bertz CT molecular complexity index is 578. The maximum absolute atomic E-state index is 12.1. The first-order valence-corrected chi connectivity index (χ1v) is 7.00. The lowest BCUT2D eigenvalue weighted by Crippen LogP contribution is -2.14. The second kappa shape index (κ2) is 6.10. The second-order valence-electron chi connectivity index (χ2n) is 4.74. The Labute approximate surface area is 121 Å². The summed E-state index contributed by atoms with van der Waals surface area (Å²) in [6.07, 6.45) is 2.25. The molecule has 100 valence electrons. The molecule has 0 amide bonds. The fraction of sp³-hybridized carbons (Fsp3) is 0.357. The van der Waals surface area contributed by atoms with Crippen LogP contribution >= 0.6 is 15.9 Å². The Morgan fingerprint density at radius 3 is 2.84 bits per heavy atom. The number of carbonyl (C=O) groups excluding carboxylic acids is 1. The van der Waals surface area contributed by atoms with Gasteiger partial charge in [0.1, 0.15) is 17.9 Å². The summed E-state index contributed by atoms with van der Waals surface area (Å²) in [6.45, 7) is 4.05. The second-order valence-corrected chi connectivity index (χ2v) is 5.65. The molecule has 2 rings (SSSR count). The summed E-state index contributed by atoms with van der Waals surface area (Å²) < 4.78 is 2.78. The molecule has 1 heterocycles. The molecule has 0 radical (unpaired) electrons. The highest BCUT2D eigenvalue weighted by Crippen LogP contribution is 2.13. The summed E-state index contributed by atoms with van der Waals surface area (Å²) >= 11 is 3.41. The maximum Gasteiger partial charge on any atom is 0.144 e. The van der Waals surface area contributed by atoms with Crippen molar-refractivity contribution in [3.63, 3.8) is 0 Å². The first kappa shape index (κ1) is 13.9. The third-order valence-corrected chi connectivity index (χ3v) is 3.28. The number of halogens is 1. The van der Waals surface area contributed by atoms with E-state index in [1.54, 1.807) is 4.68 Å². The van der Waals surface area contributed by atoms with Gasteiger partial charge in [0.2, 0.25) is 0 Å². The summed E-state index contributed by atoms with van der Waals surface area (Å²) in [5.41, 5.74) is 1.01. The Morgan fingerprint density at radius 1 is 1.37 bits per heavy atom. The van der Waals surface area contributed by atoms with Gasteiger partial charge in [0, 0.05) is 16.9 Å². The zero-order chi connectivity index (χ0) is 13.8. The van der Waals surface area contributed by atoms with Crippen LogP contribution in [0, 0.1) is 0 Å². The third kappa shape index (κ3) is 3.73. The molecule has 1 aromatic heterocycles. The third-order valence-electron chi connectivity index (χ3n) is 2.78. The largest absolute Gasteiger partial charge is 0.299 e. The number of hydrogen-bond acceptors (Lipinski definition) is 3. The van der Waals surface area contributed by atoms with E-state index in [4.69, 9.17) is 0 Å². The molecule has 1 aromatic carbocycles. The predicted molar refractivity (Wildman–Crippen MR) is 77.0 cm³/mol. The van der Waals surface area contributed by atoms with Crippen molar-refractivity contribution in [1.82, 2.24) is 14.8 Å². The van der Waals surface area contributed by atoms with Gasteiger partial charge in [0.25, 0.3) is 0 Å². The van der Waals surface area contributed by atoms with E-state index < -0.39 is 0 Å². The fourth-order valence-electron chi connectivity index (χ4n) is 1.95. The molecule has 5 heteroatoms. The van der Waals surface area contributed by atoms with Gasteiger partial charge in [0.05, 0.1) is 6.42 Å². The van der Waals surface area contributed by atoms with E-state index >= 15 is 0 Å². The topological polar surface area (TPSA) is 47.8 Å². The SMILES string of the molecule is CC(C)n1ncnc1CC(=O)Cc1cccc(Br)c1. The van der Waals surface area contributed by atoms with Gasteiger partial charge < -0.3 is 0 Å². The van der Waals surface area contributed by atoms with E-state index in [0.29, 0.717) is 12.8 Å². The standard InChI is InChI=1S/C14H16BrN3O/c1-10(2)18-14(16-9-17-18)8-13(19)7-11-4-3-5-12(15)6-11/h3-6,9-10H,7-8H2,1-2H3. The van der Waals surface area contributed by atoms with Gasteiger partial charge in [-0.3, -0.25) is 4.79 Å². The molecule has 0 fully saturated rings. The maximum atomic E-state index is 12.1. The smallest absolute Gasteiger partial charge is 0.144 e. The summed E-state index contributed by atoms with van der Waals surface area (Å²) in [6, 6.07) is 8.02. The number of hydrogen-bond donors (Lipinski definition) is 0. The summed E-state index contributed by atoms with van der Waals surface area (Å²) in [7, 11) is 0.